The van der Waals surface area contributed by atoms with E-state index in [2.05, 4.69) is 34.7 Å². The van der Waals surface area contributed by atoms with E-state index in [1.165, 1.54) is 17.4 Å². The maximum absolute atomic E-state index is 12.8. The normalized spacial score (nSPS) is 10.9. The molecule has 7 nitrogen and oxygen atoms in total. The van der Waals surface area contributed by atoms with Gasteiger partial charge >= 0.3 is 0 Å². The quantitative estimate of drug-likeness (QED) is 0.219. The maximum Gasteiger partial charge on any atom is 0.251 e. The predicted octanol–water partition coefficient (Wildman–Crippen LogP) is 5.04. The number of benzene rings is 2. The zero-order valence-corrected chi connectivity index (χ0v) is 21.1. The van der Waals surface area contributed by atoms with Gasteiger partial charge in [-0.15, -0.1) is 11.3 Å². The van der Waals surface area contributed by atoms with E-state index in [-0.39, 0.29) is 18.9 Å². The first-order valence-corrected chi connectivity index (χ1v) is 12.6. The van der Waals surface area contributed by atoms with Crippen molar-refractivity contribution in [3.63, 3.8) is 0 Å². The Balaban J connectivity index is 1.42. The summed E-state index contributed by atoms with van der Waals surface area (Å²) in [5.74, 6) is 0.256. The fraction of sp³-hybridized carbons (Fsp3) is 0.250. The molecule has 1 amide bonds. The third-order valence-corrected chi connectivity index (χ3v) is 6.88. The molecule has 0 radical (unpaired) electrons. The second-order valence-corrected chi connectivity index (χ2v) is 9.14. The number of aromatic nitrogens is 1. The van der Waals surface area contributed by atoms with Crippen molar-refractivity contribution in [2.45, 2.75) is 19.8 Å². The number of Topliss-reactive ketones (excluding diaryl/α,β-unsaturated/α-hetero) is 1. The first kappa shape index (κ1) is 25.3. The lowest BCUT2D eigenvalue weighted by Gasteiger charge is -2.12. The van der Waals surface area contributed by atoms with Crippen LogP contribution in [0.5, 0.6) is 11.5 Å². The summed E-state index contributed by atoms with van der Waals surface area (Å²) < 4.78 is 12.2. The van der Waals surface area contributed by atoms with Gasteiger partial charge in [0.05, 0.1) is 26.0 Å². The molecule has 0 atom stereocenters. The van der Waals surface area contributed by atoms with Gasteiger partial charge in [0.2, 0.25) is 0 Å². The predicted molar refractivity (Wildman–Crippen MR) is 141 cm³/mol. The van der Waals surface area contributed by atoms with E-state index in [9.17, 15) is 9.59 Å². The van der Waals surface area contributed by atoms with Crippen LogP contribution in [0.4, 0.5) is 0 Å². The van der Waals surface area contributed by atoms with Gasteiger partial charge in [-0.25, -0.2) is 4.98 Å². The summed E-state index contributed by atoms with van der Waals surface area (Å²) >= 11 is 1.66. The van der Waals surface area contributed by atoms with Crippen LogP contribution >= 0.6 is 11.3 Å². The number of carbonyl (C=O) groups is 2. The van der Waals surface area contributed by atoms with Gasteiger partial charge in [0.1, 0.15) is 5.69 Å². The number of ether oxygens (including phenoxy) is 2. The van der Waals surface area contributed by atoms with Crippen LogP contribution in [0.3, 0.4) is 0 Å². The van der Waals surface area contributed by atoms with Crippen LogP contribution in [0, 0.1) is 6.92 Å². The largest absolute Gasteiger partial charge is 0.493 e. The summed E-state index contributed by atoms with van der Waals surface area (Å²) in [6.07, 6.45) is 1.36. The molecule has 4 rings (SSSR count). The van der Waals surface area contributed by atoms with Gasteiger partial charge in [0.15, 0.2) is 17.3 Å². The zero-order chi connectivity index (χ0) is 25.5. The topological polar surface area (TPSA) is 97.8 Å². The first-order chi connectivity index (χ1) is 17.5. The molecular weight excluding hydrogens is 476 g/mol. The number of fused-ring (bicyclic) bond motifs is 1. The highest BCUT2D eigenvalue weighted by Crippen LogP contribution is 2.35. The van der Waals surface area contributed by atoms with E-state index in [1.807, 2.05) is 12.1 Å². The Hall–Kier alpha value is -3.75. The van der Waals surface area contributed by atoms with Crippen molar-refractivity contribution in [2.75, 3.05) is 26.9 Å². The van der Waals surface area contributed by atoms with E-state index < -0.39 is 5.91 Å². The molecule has 36 heavy (non-hydrogen) atoms. The minimum absolute atomic E-state index is 0.114. The highest BCUT2D eigenvalue weighted by Gasteiger charge is 2.16. The number of hydrogen-bond acceptors (Lipinski definition) is 7. The summed E-state index contributed by atoms with van der Waals surface area (Å²) in [5, 5.41) is 14.7. The molecule has 2 N–H and O–H groups in total. The van der Waals surface area contributed by atoms with Crippen molar-refractivity contribution in [3.8, 4) is 22.8 Å². The lowest BCUT2D eigenvalue weighted by molar-refractivity contribution is 0.0902. The van der Waals surface area contributed by atoms with Crippen molar-refractivity contribution in [1.29, 1.82) is 0 Å². The summed E-state index contributed by atoms with van der Waals surface area (Å²) in [4.78, 5) is 30.1. The molecule has 2 heterocycles. The van der Waals surface area contributed by atoms with Gasteiger partial charge in [-0.1, -0.05) is 24.3 Å². The van der Waals surface area contributed by atoms with Crippen molar-refractivity contribution in [3.05, 3.63) is 76.8 Å². The minimum atomic E-state index is -0.399. The third kappa shape index (κ3) is 5.72. The molecule has 0 saturated heterocycles. The molecule has 2 aromatic carbocycles. The molecule has 0 fully saturated rings. The number of carbonyl (C=O) groups excluding carboxylic acids is 2. The van der Waals surface area contributed by atoms with E-state index in [0.717, 1.165) is 16.6 Å². The van der Waals surface area contributed by atoms with Gasteiger partial charge in [-0.05, 0) is 55.7 Å². The Labute approximate surface area is 213 Å². The molecule has 186 valence electrons. The number of pyridine rings is 1. The molecule has 0 spiro atoms. The van der Waals surface area contributed by atoms with E-state index in [4.69, 9.17) is 14.6 Å². The number of hydrogen-bond donors (Lipinski definition) is 2. The minimum Gasteiger partial charge on any atom is -0.493 e. The lowest BCUT2D eigenvalue weighted by Crippen LogP contribution is -2.30. The number of ketones is 1. The van der Waals surface area contributed by atoms with E-state index >= 15 is 0 Å². The molecule has 0 saturated carbocycles. The number of unbranched alkanes of at least 4 members (excludes halogenated alkanes) is 1. The second kappa shape index (κ2) is 11.8. The van der Waals surface area contributed by atoms with Crippen molar-refractivity contribution >= 4 is 33.1 Å². The molecule has 0 aliphatic heterocycles. The average Bonchev–Trinajstić information content (AvgIpc) is 3.35. The number of aliphatic hydroxyl groups excluding tert-OH is 1. The molecule has 8 heteroatoms. The van der Waals surface area contributed by atoms with Gasteiger partial charge in [-0.3, -0.25) is 9.59 Å². The monoisotopic (exact) mass is 504 g/mol. The Morgan fingerprint density at radius 3 is 2.69 bits per heavy atom. The summed E-state index contributed by atoms with van der Waals surface area (Å²) in [6, 6.07) is 16.4. The standard InChI is InChI=1S/C28H28N2O5S/c1-18-7-5-8-20-21(17-36-27(18)20)22-9-6-10-23(30-22)24(32)16-29-28(33)19-11-12-25(26(15-19)34-2)35-14-4-3-13-31/h5-12,15,17,31H,3-4,13-14,16H2,1-2H3,(H,29,33). The smallest absolute Gasteiger partial charge is 0.251 e. The van der Waals surface area contributed by atoms with E-state index in [1.54, 1.807) is 41.7 Å². The van der Waals surface area contributed by atoms with Crippen LogP contribution in [0.2, 0.25) is 0 Å². The summed E-state index contributed by atoms with van der Waals surface area (Å²) in [7, 11) is 1.50. The first-order valence-electron chi connectivity index (χ1n) is 11.7. The highest BCUT2D eigenvalue weighted by molar-refractivity contribution is 7.18. The zero-order valence-electron chi connectivity index (χ0n) is 20.2. The van der Waals surface area contributed by atoms with Crippen molar-refractivity contribution in [2.24, 2.45) is 0 Å². The molecule has 0 bridgehead atoms. The summed E-state index contributed by atoms with van der Waals surface area (Å²) in [5.41, 5.74) is 3.57. The van der Waals surface area contributed by atoms with Crippen LogP contribution in [-0.4, -0.2) is 48.6 Å². The van der Waals surface area contributed by atoms with Crippen LogP contribution in [0.15, 0.2) is 60.0 Å². The molecule has 0 aliphatic carbocycles. The highest BCUT2D eigenvalue weighted by atomic mass is 32.1. The Kier molecular flexibility index (Phi) is 8.30. The molecule has 0 aliphatic rings. The fourth-order valence-electron chi connectivity index (χ4n) is 3.82. The number of aliphatic hydroxyl groups is 1. The van der Waals surface area contributed by atoms with Crippen LogP contribution < -0.4 is 14.8 Å². The van der Waals surface area contributed by atoms with Crippen LogP contribution in [0.1, 0.15) is 39.3 Å². The Bertz CT molecular complexity index is 1380. The van der Waals surface area contributed by atoms with Crippen LogP contribution in [-0.2, 0) is 0 Å². The summed E-state index contributed by atoms with van der Waals surface area (Å²) in [6.45, 7) is 2.45. The van der Waals surface area contributed by atoms with Gasteiger partial charge in [0, 0.05) is 33.2 Å². The lowest BCUT2D eigenvalue weighted by atomic mass is 10.1. The fourth-order valence-corrected chi connectivity index (χ4v) is 4.86. The maximum atomic E-state index is 12.8. The molecule has 2 aromatic heterocycles. The SMILES string of the molecule is COc1cc(C(=O)NCC(=O)c2cccc(-c3csc4c(C)cccc34)n2)ccc1OCCCCO. The number of methoxy groups -OCH3 is 1. The van der Waals surface area contributed by atoms with Crippen molar-refractivity contribution < 1.29 is 24.2 Å². The van der Waals surface area contributed by atoms with Gasteiger partial charge in [0.25, 0.3) is 5.91 Å². The number of nitrogens with zero attached hydrogens (tertiary/aromatic N) is 1. The Morgan fingerprint density at radius 2 is 1.89 bits per heavy atom. The van der Waals surface area contributed by atoms with Gasteiger partial charge < -0.3 is 19.9 Å². The number of aryl methyl sites for hydroxylation is 1. The number of nitrogens with one attached hydrogen (secondary N) is 1. The van der Waals surface area contributed by atoms with Crippen molar-refractivity contribution in [1.82, 2.24) is 10.3 Å². The number of rotatable bonds is 11. The number of amides is 1. The van der Waals surface area contributed by atoms with Gasteiger partial charge in [-0.2, -0.15) is 0 Å². The average molecular weight is 505 g/mol. The number of thiophene rings is 1. The third-order valence-electron chi connectivity index (χ3n) is 5.75. The molecule has 4 aromatic rings. The van der Waals surface area contributed by atoms with E-state index in [0.29, 0.717) is 42.2 Å². The Morgan fingerprint density at radius 1 is 1.06 bits per heavy atom. The molecule has 0 unspecified atom stereocenters. The second-order valence-electron chi connectivity index (χ2n) is 8.26. The van der Waals surface area contributed by atoms with Crippen LogP contribution in [0.25, 0.3) is 21.3 Å². The molecular formula is C28H28N2O5S.